The fourth-order valence-corrected chi connectivity index (χ4v) is 3.08. The lowest BCUT2D eigenvalue weighted by Gasteiger charge is -2.07. The molecule has 2 aromatic heterocycles. The van der Waals surface area contributed by atoms with Crippen LogP contribution in [0.3, 0.4) is 0 Å². The van der Waals surface area contributed by atoms with Crippen LogP contribution in [-0.4, -0.2) is 38.1 Å². The zero-order valence-electron chi connectivity index (χ0n) is 14.2. The molecule has 2 rings (SSSR count). The fraction of sp³-hybridized carbons (Fsp3) is 0.500. The third kappa shape index (κ3) is 5.52. The van der Waals surface area contributed by atoms with Gasteiger partial charge in [-0.2, -0.15) is 16.7 Å². The summed E-state index contributed by atoms with van der Waals surface area (Å²) in [7, 11) is 0. The van der Waals surface area contributed by atoms with E-state index in [0.717, 1.165) is 28.6 Å². The van der Waals surface area contributed by atoms with Gasteiger partial charge in [0, 0.05) is 29.4 Å². The summed E-state index contributed by atoms with van der Waals surface area (Å²) in [5, 5.41) is 2.80. The topological polar surface area (TPSA) is 104 Å². The van der Waals surface area contributed by atoms with Crippen molar-refractivity contribution in [3.63, 3.8) is 0 Å². The van der Waals surface area contributed by atoms with Crippen LogP contribution in [0.4, 0.5) is 0 Å². The van der Waals surface area contributed by atoms with Crippen molar-refractivity contribution in [2.45, 2.75) is 32.9 Å². The van der Waals surface area contributed by atoms with Gasteiger partial charge in [0.15, 0.2) is 0 Å². The number of hydrogen-bond donors (Lipinski definition) is 3. The SMILES string of the molecule is Cc1[nH]cnc1CSCCNC(=O)c1cc(CC(C)C)[nH]c(=O)n1. The molecular weight excluding hydrogens is 326 g/mol. The number of H-pyrrole nitrogens is 2. The number of aryl methyl sites for hydroxylation is 1. The average Bonchev–Trinajstić information content (AvgIpc) is 2.90. The second kappa shape index (κ2) is 8.68. The summed E-state index contributed by atoms with van der Waals surface area (Å²) in [6.07, 6.45) is 2.39. The van der Waals surface area contributed by atoms with Crippen LogP contribution in [0.5, 0.6) is 0 Å². The molecule has 0 unspecified atom stereocenters. The Labute approximate surface area is 145 Å². The van der Waals surface area contributed by atoms with Gasteiger partial charge in [-0.1, -0.05) is 13.8 Å². The normalized spacial score (nSPS) is 11.0. The maximum atomic E-state index is 12.1. The van der Waals surface area contributed by atoms with Gasteiger partial charge >= 0.3 is 5.69 Å². The lowest BCUT2D eigenvalue weighted by Crippen LogP contribution is -2.29. The molecule has 2 heterocycles. The van der Waals surface area contributed by atoms with Crippen LogP contribution in [-0.2, 0) is 12.2 Å². The number of aromatic nitrogens is 4. The Kier molecular flexibility index (Phi) is 6.60. The van der Waals surface area contributed by atoms with E-state index in [-0.39, 0.29) is 11.6 Å². The van der Waals surface area contributed by atoms with Crippen LogP contribution < -0.4 is 11.0 Å². The van der Waals surface area contributed by atoms with Gasteiger partial charge in [-0.15, -0.1) is 0 Å². The van der Waals surface area contributed by atoms with Gasteiger partial charge in [0.2, 0.25) is 0 Å². The van der Waals surface area contributed by atoms with Crippen LogP contribution in [0.1, 0.15) is 41.4 Å². The summed E-state index contributed by atoms with van der Waals surface area (Å²) in [6, 6.07) is 1.65. The zero-order chi connectivity index (χ0) is 17.5. The van der Waals surface area contributed by atoms with Crippen molar-refractivity contribution in [1.82, 2.24) is 25.3 Å². The minimum Gasteiger partial charge on any atom is -0.350 e. The van der Waals surface area contributed by atoms with E-state index in [0.29, 0.717) is 18.9 Å². The average molecular weight is 349 g/mol. The van der Waals surface area contributed by atoms with E-state index in [4.69, 9.17) is 0 Å². The quantitative estimate of drug-likeness (QED) is 0.629. The van der Waals surface area contributed by atoms with Crippen molar-refractivity contribution >= 4 is 17.7 Å². The molecule has 0 aliphatic rings. The fourth-order valence-electron chi connectivity index (χ4n) is 2.20. The number of nitrogens with zero attached hydrogens (tertiary/aromatic N) is 2. The summed E-state index contributed by atoms with van der Waals surface area (Å²) in [6.45, 7) is 6.60. The maximum absolute atomic E-state index is 12.1. The highest BCUT2D eigenvalue weighted by molar-refractivity contribution is 7.98. The third-order valence-corrected chi connectivity index (χ3v) is 4.34. The van der Waals surface area contributed by atoms with Crippen molar-refractivity contribution in [1.29, 1.82) is 0 Å². The standard InChI is InChI=1S/C16H23N5O2S/c1-10(2)6-12-7-13(21-16(23)20-12)15(22)17-4-5-24-8-14-11(3)18-9-19-14/h7,9-10H,4-6,8H2,1-3H3,(H,17,22)(H,18,19)(H,20,21,23). The van der Waals surface area contributed by atoms with Crippen molar-refractivity contribution in [3.05, 3.63) is 45.7 Å². The Hall–Kier alpha value is -2.09. The molecule has 0 aliphatic heterocycles. The van der Waals surface area contributed by atoms with Gasteiger partial charge in [0.05, 0.1) is 12.0 Å². The van der Waals surface area contributed by atoms with E-state index in [1.165, 1.54) is 0 Å². The van der Waals surface area contributed by atoms with Crippen LogP contribution in [0.2, 0.25) is 0 Å². The molecule has 0 aliphatic carbocycles. The van der Waals surface area contributed by atoms with E-state index in [1.54, 1.807) is 24.2 Å². The number of rotatable bonds is 8. The number of imidazole rings is 1. The number of aromatic amines is 2. The Morgan fingerprint density at radius 3 is 2.88 bits per heavy atom. The number of nitrogens with one attached hydrogen (secondary N) is 3. The van der Waals surface area contributed by atoms with Gasteiger partial charge in [-0.25, -0.2) is 9.78 Å². The highest BCUT2D eigenvalue weighted by Gasteiger charge is 2.10. The van der Waals surface area contributed by atoms with E-state index in [1.807, 2.05) is 6.92 Å². The molecule has 8 heteroatoms. The smallest absolute Gasteiger partial charge is 0.345 e. The molecule has 0 radical (unpaired) electrons. The first kappa shape index (κ1) is 18.3. The van der Waals surface area contributed by atoms with Gasteiger partial charge in [0.1, 0.15) is 5.69 Å². The molecule has 0 atom stereocenters. The highest BCUT2D eigenvalue weighted by atomic mass is 32.2. The summed E-state index contributed by atoms with van der Waals surface area (Å²) in [4.78, 5) is 37.4. The molecule has 130 valence electrons. The van der Waals surface area contributed by atoms with Crippen LogP contribution in [0.25, 0.3) is 0 Å². The molecule has 0 fully saturated rings. The Bertz CT molecular complexity index is 738. The molecule has 0 saturated heterocycles. The molecule has 0 saturated carbocycles. The van der Waals surface area contributed by atoms with Crippen molar-refractivity contribution in [2.24, 2.45) is 5.92 Å². The number of carbonyl (C=O) groups excluding carboxylic acids is 1. The lowest BCUT2D eigenvalue weighted by molar-refractivity contribution is 0.0950. The van der Waals surface area contributed by atoms with Crippen molar-refractivity contribution in [3.8, 4) is 0 Å². The number of hydrogen-bond acceptors (Lipinski definition) is 5. The van der Waals surface area contributed by atoms with Crippen molar-refractivity contribution < 1.29 is 4.79 Å². The predicted octanol–water partition coefficient (Wildman–Crippen LogP) is 1.66. The molecule has 7 nitrogen and oxygen atoms in total. The zero-order valence-corrected chi connectivity index (χ0v) is 15.0. The molecule has 24 heavy (non-hydrogen) atoms. The molecule has 0 bridgehead atoms. The highest BCUT2D eigenvalue weighted by Crippen LogP contribution is 2.11. The summed E-state index contributed by atoms with van der Waals surface area (Å²) in [5.41, 5.74) is 2.51. The largest absolute Gasteiger partial charge is 0.350 e. The first-order valence-corrected chi connectivity index (χ1v) is 9.06. The molecule has 3 N–H and O–H groups in total. The van der Waals surface area contributed by atoms with Crippen LogP contribution in [0.15, 0.2) is 17.2 Å². The van der Waals surface area contributed by atoms with Gasteiger partial charge in [0.25, 0.3) is 5.91 Å². The van der Waals surface area contributed by atoms with Gasteiger partial charge in [-0.05, 0) is 25.3 Å². The molecule has 1 amide bonds. The molecular formula is C16H23N5O2S. The van der Waals surface area contributed by atoms with E-state index < -0.39 is 5.69 Å². The molecule has 0 aromatic carbocycles. The minimum absolute atomic E-state index is 0.169. The second-order valence-electron chi connectivity index (χ2n) is 5.98. The van der Waals surface area contributed by atoms with Crippen LogP contribution in [0, 0.1) is 12.8 Å². The van der Waals surface area contributed by atoms with Crippen LogP contribution >= 0.6 is 11.8 Å². The summed E-state index contributed by atoms with van der Waals surface area (Å²) in [5.74, 6) is 1.64. The first-order chi connectivity index (χ1) is 11.5. The van der Waals surface area contributed by atoms with E-state index in [2.05, 4.69) is 39.1 Å². The Morgan fingerprint density at radius 1 is 1.42 bits per heavy atom. The third-order valence-electron chi connectivity index (χ3n) is 3.37. The number of carbonyl (C=O) groups is 1. The molecule has 0 spiro atoms. The van der Waals surface area contributed by atoms with Gasteiger partial charge < -0.3 is 15.3 Å². The Morgan fingerprint density at radius 2 is 2.21 bits per heavy atom. The number of amides is 1. The summed E-state index contributed by atoms with van der Waals surface area (Å²) >= 11 is 1.69. The second-order valence-corrected chi connectivity index (χ2v) is 7.08. The molecule has 2 aromatic rings. The van der Waals surface area contributed by atoms with E-state index in [9.17, 15) is 9.59 Å². The lowest BCUT2D eigenvalue weighted by atomic mass is 10.1. The summed E-state index contributed by atoms with van der Waals surface area (Å²) < 4.78 is 0. The minimum atomic E-state index is -0.485. The van der Waals surface area contributed by atoms with E-state index >= 15 is 0 Å². The predicted molar refractivity (Wildman–Crippen MR) is 95.2 cm³/mol. The monoisotopic (exact) mass is 349 g/mol. The number of thioether (sulfide) groups is 1. The Balaban J connectivity index is 1.81. The first-order valence-electron chi connectivity index (χ1n) is 7.90. The van der Waals surface area contributed by atoms with Crippen molar-refractivity contribution in [2.75, 3.05) is 12.3 Å². The maximum Gasteiger partial charge on any atom is 0.345 e. The van der Waals surface area contributed by atoms with Gasteiger partial charge in [-0.3, -0.25) is 4.79 Å².